The van der Waals surface area contributed by atoms with Gasteiger partial charge in [-0.1, -0.05) is 11.6 Å². The van der Waals surface area contributed by atoms with Crippen LogP contribution in [0.2, 0.25) is 5.15 Å². The van der Waals surface area contributed by atoms with Gasteiger partial charge in [0, 0.05) is 12.3 Å². The second kappa shape index (κ2) is 7.50. The van der Waals surface area contributed by atoms with E-state index in [1.807, 2.05) is 6.92 Å². The number of pyridine rings is 1. The van der Waals surface area contributed by atoms with Crippen molar-refractivity contribution >= 4 is 29.7 Å². The van der Waals surface area contributed by atoms with E-state index in [1.54, 1.807) is 0 Å². The van der Waals surface area contributed by atoms with Gasteiger partial charge in [-0.25, -0.2) is 4.98 Å². The first-order valence-corrected chi connectivity index (χ1v) is 5.87. The Morgan fingerprint density at radius 3 is 2.94 bits per heavy atom. The molecule has 0 aliphatic rings. The molecular formula is C10H12ClNO4S. The zero-order valence-corrected chi connectivity index (χ0v) is 11.0. The minimum Gasteiger partial charge on any atom is -0.496 e. The zero-order chi connectivity index (χ0) is 12.7. The number of ether oxygens (including phenoxy) is 1. The SMILES string of the molecule is CCOSOCC(=O)c1cnc(Cl)cc1OC. The Hall–Kier alpha value is -0.820. The maximum atomic E-state index is 11.7. The molecule has 0 amide bonds. The fourth-order valence-corrected chi connectivity index (χ4v) is 1.50. The molecule has 0 bridgehead atoms. The molecule has 1 heterocycles. The van der Waals surface area contributed by atoms with Crippen LogP contribution in [0.25, 0.3) is 0 Å². The van der Waals surface area contributed by atoms with E-state index in [9.17, 15) is 4.79 Å². The predicted molar refractivity (Wildman–Crippen MR) is 65.3 cm³/mol. The molecule has 1 aromatic heterocycles. The highest BCUT2D eigenvalue weighted by Crippen LogP contribution is 2.21. The molecule has 94 valence electrons. The Bertz CT molecular complexity index is 389. The van der Waals surface area contributed by atoms with Crippen LogP contribution in [0.5, 0.6) is 5.75 Å². The first kappa shape index (κ1) is 14.2. The summed E-state index contributed by atoms with van der Waals surface area (Å²) in [6.07, 6.45) is 1.36. The van der Waals surface area contributed by atoms with Crippen LogP contribution in [0, 0.1) is 0 Å². The number of methoxy groups -OCH3 is 1. The summed E-state index contributed by atoms with van der Waals surface area (Å²) in [5.74, 6) is 0.123. The Balaban J connectivity index is 2.62. The van der Waals surface area contributed by atoms with Crippen molar-refractivity contribution in [1.29, 1.82) is 0 Å². The molecule has 0 saturated heterocycles. The molecule has 0 aliphatic heterocycles. The van der Waals surface area contributed by atoms with Gasteiger partial charge in [-0.15, -0.1) is 0 Å². The summed E-state index contributed by atoms with van der Waals surface area (Å²) < 4.78 is 14.9. The number of halogens is 1. The average molecular weight is 278 g/mol. The molecule has 0 atom stereocenters. The van der Waals surface area contributed by atoms with Gasteiger partial charge in [0.05, 0.1) is 19.3 Å². The molecule has 0 fully saturated rings. The molecule has 5 nitrogen and oxygen atoms in total. The van der Waals surface area contributed by atoms with E-state index in [1.165, 1.54) is 19.4 Å². The van der Waals surface area contributed by atoms with Crippen LogP contribution in [0.4, 0.5) is 0 Å². The number of ketones is 1. The number of aromatic nitrogens is 1. The number of nitrogens with zero attached hydrogens (tertiary/aromatic N) is 1. The van der Waals surface area contributed by atoms with Crippen molar-refractivity contribution in [3.63, 3.8) is 0 Å². The number of rotatable bonds is 7. The number of carbonyl (C=O) groups is 1. The second-order valence-corrected chi connectivity index (χ2v) is 3.86. The number of hydrogen-bond acceptors (Lipinski definition) is 6. The van der Waals surface area contributed by atoms with Gasteiger partial charge in [-0.2, -0.15) is 0 Å². The van der Waals surface area contributed by atoms with E-state index < -0.39 is 0 Å². The summed E-state index contributed by atoms with van der Waals surface area (Å²) in [6.45, 7) is 2.21. The maximum absolute atomic E-state index is 11.7. The largest absolute Gasteiger partial charge is 0.496 e. The summed E-state index contributed by atoms with van der Waals surface area (Å²) in [4.78, 5) is 15.6. The van der Waals surface area contributed by atoms with Crippen LogP contribution in [0.15, 0.2) is 12.3 Å². The topological polar surface area (TPSA) is 57.7 Å². The van der Waals surface area contributed by atoms with Crippen molar-refractivity contribution in [3.05, 3.63) is 23.0 Å². The van der Waals surface area contributed by atoms with Crippen molar-refractivity contribution in [1.82, 2.24) is 4.98 Å². The smallest absolute Gasteiger partial charge is 0.195 e. The van der Waals surface area contributed by atoms with Crippen molar-refractivity contribution in [3.8, 4) is 5.75 Å². The molecule has 0 N–H and O–H groups in total. The molecule has 0 aromatic carbocycles. The molecule has 0 aliphatic carbocycles. The predicted octanol–water partition coefficient (Wildman–Crippen LogP) is 2.54. The molecular weight excluding hydrogens is 266 g/mol. The molecule has 0 unspecified atom stereocenters. The Labute approximate surface area is 109 Å². The van der Waals surface area contributed by atoms with Crippen LogP contribution in [0.1, 0.15) is 17.3 Å². The van der Waals surface area contributed by atoms with Crippen LogP contribution in [0.3, 0.4) is 0 Å². The first-order valence-electron chi connectivity index (χ1n) is 4.82. The lowest BCUT2D eigenvalue weighted by Gasteiger charge is -2.07. The Morgan fingerprint density at radius 1 is 1.53 bits per heavy atom. The standard InChI is InChI=1S/C10H12ClNO4S/c1-3-15-17-16-6-8(13)7-5-12-10(11)4-9(7)14-2/h4-5H,3,6H2,1-2H3. The third-order valence-electron chi connectivity index (χ3n) is 1.76. The fourth-order valence-electron chi connectivity index (χ4n) is 1.03. The van der Waals surface area contributed by atoms with Gasteiger partial charge in [0.1, 0.15) is 17.5 Å². The van der Waals surface area contributed by atoms with Gasteiger partial charge < -0.3 is 4.74 Å². The lowest BCUT2D eigenvalue weighted by molar-refractivity contribution is 0.0924. The van der Waals surface area contributed by atoms with Crippen molar-refractivity contribution in [2.75, 3.05) is 20.3 Å². The van der Waals surface area contributed by atoms with E-state index in [-0.39, 0.29) is 17.5 Å². The Kier molecular flexibility index (Phi) is 6.28. The number of hydrogen-bond donors (Lipinski definition) is 0. The quantitative estimate of drug-likeness (QED) is 0.330. The number of carbonyl (C=O) groups excluding carboxylic acids is 1. The maximum Gasteiger partial charge on any atom is 0.195 e. The van der Waals surface area contributed by atoms with E-state index in [2.05, 4.69) is 4.98 Å². The third kappa shape index (κ3) is 4.51. The highest BCUT2D eigenvalue weighted by atomic mass is 35.5. The van der Waals surface area contributed by atoms with E-state index >= 15 is 0 Å². The monoisotopic (exact) mass is 277 g/mol. The van der Waals surface area contributed by atoms with Crippen LogP contribution in [-0.2, 0) is 8.37 Å². The van der Waals surface area contributed by atoms with E-state index in [0.29, 0.717) is 17.9 Å². The third-order valence-corrected chi connectivity index (χ3v) is 2.51. The molecule has 17 heavy (non-hydrogen) atoms. The van der Waals surface area contributed by atoms with Crippen LogP contribution >= 0.6 is 23.9 Å². The van der Waals surface area contributed by atoms with Gasteiger partial charge in [0.25, 0.3) is 0 Å². The number of Topliss-reactive ketones (excluding diaryl/α,β-unsaturated/α-hetero) is 1. The first-order chi connectivity index (χ1) is 8.19. The minimum absolute atomic E-state index is 0.121. The average Bonchev–Trinajstić information content (AvgIpc) is 2.34. The Morgan fingerprint density at radius 2 is 2.29 bits per heavy atom. The van der Waals surface area contributed by atoms with Gasteiger partial charge >= 0.3 is 0 Å². The lowest BCUT2D eigenvalue weighted by atomic mass is 10.2. The van der Waals surface area contributed by atoms with Gasteiger partial charge in [0.15, 0.2) is 18.1 Å². The highest BCUT2D eigenvalue weighted by Gasteiger charge is 2.14. The van der Waals surface area contributed by atoms with Gasteiger partial charge in [-0.05, 0) is 6.92 Å². The van der Waals surface area contributed by atoms with E-state index in [4.69, 9.17) is 24.7 Å². The normalized spacial score (nSPS) is 10.3. The molecule has 0 spiro atoms. The van der Waals surface area contributed by atoms with Crippen LogP contribution < -0.4 is 4.74 Å². The van der Waals surface area contributed by atoms with E-state index in [0.717, 1.165) is 12.3 Å². The molecule has 7 heteroatoms. The van der Waals surface area contributed by atoms with Crippen LogP contribution in [-0.4, -0.2) is 31.1 Å². The van der Waals surface area contributed by atoms with Gasteiger partial charge in [0.2, 0.25) is 0 Å². The lowest BCUT2D eigenvalue weighted by Crippen LogP contribution is -2.09. The summed E-state index contributed by atoms with van der Waals surface area (Å²) in [6, 6.07) is 1.48. The van der Waals surface area contributed by atoms with Crippen molar-refractivity contribution in [2.45, 2.75) is 6.92 Å². The van der Waals surface area contributed by atoms with Crippen molar-refractivity contribution < 1.29 is 17.9 Å². The second-order valence-electron chi connectivity index (χ2n) is 2.87. The molecule has 1 rings (SSSR count). The molecule has 1 aromatic rings. The summed E-state index contributed by atoms with van der Waals surface area (Å²) in [7, 11) is 1.46. The fraction of sp³-hybridized carbons (Fsp3) is 0.400. The molecule has 0 radical (unpaired) electrons. The molecule has 0 saturated carbocycles. The highest BCUT2D eigenvalue weighted by molar-refractivity contribution is 7.89. The minimum atomic E-state index is -0.252. The van der Waals surface area contributed by atoms with Gasteiger partial charge in [-0.3, -0.25) is 13.2 Å². The van der Waals surface area contributed by atoms with Crippen molar-refractivity contribution in [2.24, 2.45) is 0 Å². The zero-order valence-electron chi connectivity index (χ0n) is 9.44. The summed E-state index contributed by atoms with van der Waals surface area (Å²) in [5.41, 5.74) is 0.328. The summed E-state index contributed by atoms with van der Waals surface area (Å²) in [5, 5.41) is 0.267. The summed E-state index contributed by atoms with van der Waals surface area (Å²) >= 11 is 6.47.